The van der Waals surface area contributed by atoms with E-state index in [1.807, 2.05) is 6.92 Å². The minimum absolute atomic E-state index is 0.0401. The van der Waals surface area contributed by atoms with Gasteiger partial charge in [0.1, 0.15) is 0 Å². The minimum atomic E-state index is -1.39. The molecule has 3 heteroatoms. The van der Waals surface area contributed by atoms with E-state index in [1.165, 1.54) is 11.1 Å². The highest BCUT2D eigenvalue weighted by molar-refractivity contribution is 5.35. The van der Waals surface area contributed by atoms with Crippen LogP contribution in [0.1, 0.15) is 40.0 Å². The summed E-state index contributed by atoms with van der Waals surface area (Å²) in [6.07, 6.45) is 5.80. The molecular formula is C15H25NO2. The second-order valence-electron chi connectivity index (χ2n) is 4.97. The van der Waals surface area contributed by atoms with Gasteiger partial charge in [0.2, 0.25) is 6.41 Å². The Balaban J connectivity index is 2.81. The number of hydrogen-bond donors (Lipinski definition) is 2. The van der Waals surface area contributed by atoms with E-state index in [9.17, 15) is 10.2 Å². The highest BCUT2D eigenvalue weighted by Crippen LogP contribution is 2.25. The van der Waals surface area contributed by atoms with Crippen LogP contribution in [0.3, 0.4) is 0 Å². The average Bonchev–Trinajstić information content (AvgIpc) is 2.37. The van der Waals surface area contributed by atoms with Gasteiger partial charge in [-0.15, -0.1) is 0 Å². The van der Waals surface area contributed by atoms with E-state index in [1.54, 1.807) is 4.90 Å². The maximum atomic E-state index is 9.39. The predicted octanol–water partition coefficient (Wildman–Crippen LogP) is 2.58. The molecule has 1 aliphatic rings. The lowest BCUT2D eigenvalue weighted by molar-refractivity contribution is -0.171. The Morgan fingerprint density at radius 1 is 1.28 bits per heavy atom. The molecular weight excluding hydrogens is 226 g/mol. The van der Waals surface area contributed by atoms with Crippen molar-refractivity contribution >= 4 is 0 Å². The largest absolute Gasteiger partial charge is 0.356 e. The fourth-order valence-electron chi connectivity index (χ4n) is 2.34. The first kappa shape index (κ1) is 15.2. The molecule has 1 saturated heterocycles. The molecule has 0 aromatic heterocycles. The van der Waals surface area contributed by atoms with Gasteiger partial charge >= 0.3 is 0 Å². The third-order valence-electron chi connectivity index (χ3n) is 3.73. The van der Waals surface area contributed by atoms with Crippen molar-refractivity contribution in [1.29, 1.82) is 0 Å². The third kappa shape index (κ3) is 3.80. The molecule has 18 heavy (non-hydrogen) atoms. The predicted molar refractivity (Wildman–Crippen MR) is 74.9 cm³/mol. The summed E-state index contributed by atoms with van der Waals surface area (Å²) < 4.78 is 0. The number of aliphatic hydroxyl groups excluding tert-OH is 1. The summed E-state index contributed by atoms with van der Waals surface area (Å²) in [5.74, 6) is 0. The van der Waals surface area contributed by atoms with E-state index >= 15 is 0 Å². The number of piperidine rings is 1. The normalized spacial score (nSPS) is 23.6. The Labute approximate surface area is 110 Å². The molecule has 1 heterocycles. The fraction of sp³-hybridized carbons (Fsp3) is 0.600. The van der Waals surface area contributed by atoms with Crippen LogP contribution in [0.4, 0.5) is 0 Å². The van der Waals surface area contributed by atoms with Crippen LogP contribution in [-0.2, 0) is 0 Å². The first-order valence-corrected chi connectivity index (χ1v) is 6.59. The summed E-state index contributed by atoms with van der Waals surface area (Å²) in [6, 6.07) is 0.0401. The molecule has 0 radical (unpaired) electrons. The first-order chi connectivity index (χ1) is 8.47. The first-order valence-electron chi connectivity index (χ1n) is 6.59. The van der Waals surface area contributed by atoms with Gasteiger partial charge in [-0.25, -0.2) is 4.90 Å². The minimum Gasteiger partial charge on any atom is -0.356 e. The Morgan fingerprint density at radius 2 is 1.94 bits per heavy atom. The number of nitrogens with zero attached hydrogens (tertiary/aromatic N) is 1. The summed E-state index contributed by atoms with van der Waals surface area (Å²) in [4.78, 5) is 1.71. The van der Waals surface area contributed by atoms with Crippen LogP contribution in [0.5, 0.6) is 0 Å². The van der Waals surface area contributed by atoms with Crippen molar-refractivity contribution in [1.82, 2.24) is 4.90 Å². The van der Waals surface area contributed by atoms with Crippen LogP contribution in [-0.4, -0.2) is 34.1 Å². The van der Waals surface area contributed by atoms with Crippen molar-refractivity contribution in [3.8, 4) is 0 Å². The van der Waals surface area contributed by atoms with Gasteiger partial charge in [0.25, 0.3) is 0 Å². The van der Waals surface area contributed by atoms with E-state index in [0.29, 0.717) is 0 Å². The monoisotopic (exact) mass is 251 g/mol. The number of likely N-dealkylation sites (tertiary alicyclic amines) is 1. The van der Waals surface area contributed by atoms with Crippen molar-refractivity contribution in [2.24, 2.45) is 0 Å². The van der Waals surface area contributed by atoms with Crippen LogP contribution >= 0.6 is 0 Å². The van der Waals surface area contributed by atoms with Gasteiger partial charge < -0.3 is 10.2 Å². The van der Waals surface area contributed by atoms with E-state index in [0.717, 1.165) is 31.4 Å². The molecule has 0 aromatic rings. The quantitative estimate of drug-likeness (QED) is 0.596. The van der Waals surface area contributed by atoms with Gasteiger partial charge in [0.15, 0.2) is 0 Å². The second-order valence-corrected chi connectivity index (χ2v) is 4.97. The van der Waals surface area contributed by atoms with Crippen molar-refractivity contribution in [3.05, 3.63) is 35.5 Å². The molecule has 0 bridgehead atoms. The van der Waals surface area contributed by atoms with Gasteiger partial charge in [-0.3, -0.25) is 0 Å². The molecule has 1 unspecified atom stereocenters. The van der Waals surface area contributed by atoms with Gasteiger partial charge in [-0.05, 0) is 44.8 Å². The van der Waals surface area contributed by atoms with Crippen LogP contribution in [0.15, 0.2) is 35.5 Å². The second kappa shape index (κ2) is 6.88. The average molecular weight is 251 g/mol. The zero-order valence-electron chi connectivity index (χ0n) is 11.7. The summed E-state index contributed by atoms with van der Waals surface area (Å²) >= 11 is 0. The Morgan fingerprint density at radius 3 is 2.50 bits per heavy atom. The van der Waals surface area contributed by atoms with Crippen LogP contribution < -0.4 is 0 Å². The summed E-state index contributed by atoms with van der Waals surface area (Å²) in [5.41, 5.74) is 3.37. The van der Waals surface area contributed by atoms with Crippen molar-refractivity contribution in [2.75, 3.05) is 6.54 Å². The van der Waals surface area contributed by atoms with Gasteiger partial charge in [0.05, 0.1) is 0 Å². The molecule has 0 aromatic carbocycles. The summed E-state index contributed by atoms with van der Waals surface area (Å²) in [7, 11) is 0. The molecule has 1 rings (SSSR count). The number of hydrogen-bond acceptors (Lipinski definition) is 3. The Hall–Kier alpha value is -0.900. The molecule has 102 valence electrons. The molecule has 1 aliphatic heterocycles. The maximum Gasteiger partial charge on any atom is 0.214 e. The fourth-order valence-corrected chi connectivity index (χ4v) is 2.34. The molecule has 0 spiro atoms. The maximum absolute atomic E-state index is 9.39. The van der Waals surface area contributed by atoms with Gasteiger partial charge in [0, 0.05) is 12.6 Å². The van der Waals surface area contributed by atoms with Gasteiger partial charge in [-0.1, -0.05) is 30.7 Å². The standard InChI is InChI=1S/C15H25NO2/c1-5-11(2)12(3)10-13(4)14-8-6-7-9-16(14)15(17)18/h5,10,14-15,17-18H,4,6-9H2,1-3H3. The van der Waals surface area contributed by atoms with E-state index in [-0.39, 0.29) is 6.04 Å². The summed E-state index contributed by atoms with van der Waals surface area (Å²) in [6.45, 7) is 11.0. The van der Waals surface area contributed by atoms with Gasteiger partial charge in [-0.2, -0.15) is 0 Å². The van der Waals surface area contributed by atoms with Crippen LogP contribution in [0, 0.1) is 0 Å². The lowest BCUT2D eigenvalue weighted by Crippen LogP contribution is -2.46. The smallest absolute Gasteiger partial charge is 0.214 e. The highest BCUT2D eigenvalue weighted by atomic mass is 16.5. The third-order valence-corrected chi connectivity index (χ3v) is 3.73. The molecule has 2 N–H and O–H groups in total. The Kier molecular flexibility index (Phi) is 5.79. The van der Waals surface area contributed by atoms with Crippen LogP contribution in [0.2, 0.25) is 0 Å². The molecule has 0 saturated carbocycles. The van der Waals surface area contributed by atoms with E-state index in [4.69, 9.17) is 0 Å². The van der Waals surface area contributed by atoms with E-state index in [2.05, 4.69) is 32.6 Å². The highest BCUT2D eigenvalue weighted by Gasteiger charge is 2.27. The topological polar surface area (TPSA) is 43.7 Å². The summed E-state index contributed by atoms with van der Waals surface area (Å²) in [5, 5.41) is 18.8. The Bertz CT molecular complexity index is 356. The van der Waals surface area contributed by atoms with Crippen molar-refractivity contribution < 1.29 is 10.2 Å². The molecule has 0 amide bonds. The molecule has 1 atom stereocenters. The number of allylic oxidation sites excluding steroid dienone is 3. The van der Waals surface area contributed by atoms with Crippen LogP contribution in [0.25, 0.3) is 0 Å². The zero-order valence-corrected chi connectivity index (χ0v) is 11.7. The zero-order chi connectivity index (χ0) is 13.7. The van der Waals surface area contributed by atoms with Crippen molar-refractivity contribution in [3.63, 3.8) is 0 Å². The molecule has 1 fully saturated rings. The number of rotatable bonds is 4. The number of aliphatic hydroxyl groups is 2. The lowest BCUT2D eigenvalue weighted by atomic mass is 9.94. The SMILES string of the molecule is C=C(C=C(C)C(C)=CC)C1CCCCN1C(O)O. The van der Waals surface area contributed by atoms with E-state index < -0.39 is 6.41 Å². The molecule has 3 nitrogen and oxygen atoms in total. The van der Waals surface area contributed by atoms with Crippen molar-refractivity contribution in [2.45, 2.75) is 52.5 Å². The lowest BCUT2D eigenvalue weighted by Gasteiger charge is -2.37. The molecule has 0 aliphatic carbocycles.